The van der Waals surface area contributed by atoms with Crippen LogP contribution in [0.2, 0.25) is 0 Å². The Balaban J connectivity index is 1.74. The van der Waals surface area contributed by atoms with E-state index in [2.05, 4.69) is 24.4 Å². The monoisotopic (exact) mass is 271 g/mol. The second kappa shape index (κ2) is 5.43. The summed E-state index contributed by atoms with van der Waals surface area (Å²) < 4.78 is 16.4. The lowest BCUT2D eigenvalue weighted by molar-refractivity contribution is 0.174. The number of hydrogen-bond acceptors (Lipinski definition) is 4. The highest BCUT2D eigenvalue weighted by Gasteiger charge is 2.14. The normalized spacial score (nSPS) is 14.1. The molecule has 1 aliphatic rings. The molecule has 20 heavy (non-hydrogen) atoms. The molecular weight excluding hydrogens is 254 g/mol. The van der Waals surface area contributed by atoms with Gasteiger partial charge in [0.25, 0.3) is 0 Å². The van der Waals surface area contributed by atoms with Crippen molar-refractivity contribution in [3.63, 3.8) is 0 Å². The fraction of sp³-hybridized carbons (Fsp3) is 0.250. The molecule has 1 atom stereocenters. The van der Waals surface area contributed by atoms with Gasteiger partial charge in [0.05, 0.1) is 0 Å². The van der Waals surface area contributed by atoms with E-state index in [1.165, 1.54) is 5.56 Å². The summed E-state index contributed by atoms with van der Waals surface area (Å²) >= 11 is 0. The maximum absolute atomic E-state index is 5.82. The van der Waals surface area contributed by atoms with E-state index in [-0.39, 0.29) is 6.79 Å². The van der Waals surface area contributed by atoms with Crippen molar-refractivity contribution in [2.45, 2.75) is 13.0 Å². The molecule has 0 radical (unpaired) electrons. The first kappa shape index (κ1) is 12.8. The molecule has 3 rings (SSSR count). The molecule has 1 heterocycles. The van der Waals surface area contributed by atoms with Gasteiger partial charge in [0.2, 0.25) is 6.79 Å². The van der Waals surface area contributed by atoms with E-state index in [1.54, 1.807) is 0 Å². The number of rotatable bonds is 4. The van der Waals surface area contributed by atoms with Crippen LogP contribution in [-0.4, -0.2) is 13.8 Å². The van der Waals surface area contributed by atoms with Crippen LogP contribution in [0, 0.1) is 0 Å². The quantitative estimate of drug-likeness (QED) is 0.924. The summed E-state index contributed by atoms with van der Waals surface area (Å²) in [7, 11) is 1.95. The van der Waals surface area contributed by atoms with Crippen LogP contribution in [0.25, 0.3) is 0 Å². The Morgan fingerprint density at radius 2 is 1.70 bits per heavy atom. The predicted octanol–water partition coefficient (Wildman–Crippen LogP) is 3.49. The van der Waals surface area contributed by atoms with Crippen molar-refractivity contribution in [1.82, 2.24) is 5.32 Å². The smallest absolute Gasteiger partial charge is 0.231 e. The fourth-order valence-corrected chi connectivity index (χ4v) is 2.07. The highest BCUT2D eigenvalue weighted by molar-refractivity contribution is 5.48. The summed E-state index contributed by atoms with van der Waals surface area (Å²) in [5.74, 6) is 3.03. The molecule has 0 saturated heterocycles. The van der Waals surface area contributed by atoms with Gasteiger partial charge in [-0.2, -0.15) is 0 Å². The first-order valence-corrected chi connectivity index (χ1v) is 6.61. The van der Waals surface area contributed by atoms with Crippen LogP contribution in [0.1, 0.15) is 18.5 Å². The lowest BCUT2D eigenvalue weighted by Crippen LogP contribution is -2.11. The standard InChI is InChI=1S/C16H17NO3/c1-11(17-2)12-3-5-13(6-4-12)20-14-7-8-15-16(9-14)19-10-18-15/h3-9,11,17H,10H2,1-2H3. The van der Waals surface area contributed by atoms with Crippen LogP contribution in [0.15, 0.2) is 42.5 Å². The molecule has 104 valence electrons. The van der Waals surface area contributed by atoms with Crippen molar-refractivity contribution in [1.29, 1.82) is 0 Å². The molecule has 2 aromatic carbocycles. The maximum Gasteiger partial charge on any atom is 0.231 e. The van der Waals surface area contributed by atoms with E-state index < -0.39 is 0 Å². The van der Waals surface area contributed by atoms with E-state index in [1.807, 2.05) is 37.4 Å². The zero-order valence-electron chi connectivity index (χ0n) is 11.6. The van der Waals surface area contributed by atoms with Crippen molar-refractivity contribution >= 4 is 0 Å². The lowest BCUT2D eigenvalue weighted by atomic mass is 10.1. The first-order chi connectivity index (χ1) is 9.76. The van der Waals surface area contributed by atoms with Crippen molar-refractivity contribution in [2.24, 2.45) is 0 Å². The number of hydrogen-bond donors (Lipinski definition) is 1. The van der Waals surface area contributed by atoms with Gasteiger partial charge in [0.1, 0.15) is 11.5 Å². The molecule has 0 saturated carbocycles. The highest BCUT2D eigenvalue weighted by atomic mass is 16.7. The zero-order chi connectivity index (χ0) is 13.9. The van der Waals surface area contributed by atoms with E-state index in [9.17, 15) is 0 Å². The minimum Gasteiger partial charge on any atom is -0.457 e. The lowest BCUT2D eigenvalue weighted by Gasteiger charge is -2.11. The van der Waals surface area contributed by atoms with Gasteiger partial charge < -0.3 is 19.5 Å². The molecule has 0 bridgehead atoms. The summed E-state index contributed by atoms with van der Waals surface area (Å²) in [6.45, 7) is 2.39. The van der Waals surface area contributed by atoms with Crippen LogP contribution >= 0.6 is 0 Å². The highest BCUT2D eigenvalue weighted by Crippen LogP contribution is 2.36. The maximum atomic E-state index is 5.82. The second-order valence-corrected chi connectivity index (χ2v) is 4.70. The molecule has 0 amide bonds. The Bertz CT molecular complexity index is 595. The van der Waals surface area contributed by atoms with Gasteiger partial charge in [0.15, 0.2) is 11.5 Å². The molecule has 1 N–H and O–H groups in total. The Labute approximate surface area is 118 Å². The van der Waals surface area contributed by atoms with Gasteiger partial charge in [-0.05, 0) is 43.8 Å². The molecule has 0 fully saturated rings. The summed E-state index contributed by atoms with van der Waals surface area (Å²) in [4.78, 5) is 0. The third-order valence-electron chi connectivity index (χ3n) is 3.39. The van der Waals surface area contributed by atoms with E-state index in [4.69, 9.17) is 14.2 Å². The third kappa shape index (κ3) is 2.56. The Kier molecular flexibility index (Phi) is 3.48. The minimum absolute atomic E-state index is 0.273. The molecule has 1 unspecified atom stereocenters. The average molecular weight is 271 g/mol. The summed E-state index contributed by atoms with van der Waals surface area (Å²) in [5, 5.41) is 3.21. The van der Waals surface area contributed by atoms with Crippen LogP contribution in [0.3, 0.4) is 0 Å². The first-order valence-electron chi connectivity index (χ1n) is 6.61. The van der Waals surface area contributed by atoms with Gasteiger partial charge in [-0.25, -0.2) is 0 Å². The van der Waals surface area contributed by atoms with Crippen LogP contribution in [-0.2, 0) is 0 Å². The fourth-order valence-electron chi connectivity index (χ4n) is 2.07. The Morgan fingerprint density at radius 1 is 1.00 bits per heavy atom. The van der Waals surface area contributed by atoms with Gasteiger partial charge in [0, 0.05) is 12.1 Å². The van der Waals surface area contributed by atoms with Gasteiger partial charge in [-0.3, -0.25) is 0 Å². The molecule has 4 nitrogen and oxygen atoms in total. The minimum atomic E-state index is 0.273. The van der Waals surface area contributed by atoms with Crippen molar-refractivity contribution < 1.29 is 14.2 Å². The molecular formula is C16H17NO3. The van der Waals surface area contributed by atoms with E-state index in [0.717, 1.165) is 23.0 Å². The number of nitrogens with one attached hydrogen (secondary N) is 1. The van der Waals surface area contributed by atoms with Crippen LogP contribution < -0.4 is 19.5 Å². The summed E-state index contributed by atoms with van der Waals surface area (Å²) in [6, 6.07) is 13.9. The molecule has 4 heteroatoms. The summed E-state index contributed by atoms with van der Waals surface area (Å²) in [5.41, 5.74) is 1.23. The predicted molar refractivity (Wildman–Crippen MR) is 76.6 cm³/mol. The van der Waals surface area contributed by atoms with E-state index in [0.29, 0.717) is 6.04 Å². The number of benzene rings is 2. The van der Waals surface area contributed by atoms with Crippen molar-refractivity contribution in [3.8, 4) is 23.0 Å². The average Bonchev–Trinajstić information content (AvgIpc) is 2.95. The molecule has 2 aromatic rings. The van der Waals surface area contributed by atoms with Gasteiger partial charge in [-0.1, -0.05) is 12.1 Å². The van der Waals surface area contributed by atoms with Crippen LogP contribution in [0.5, 0.6) is 23.0 Å². The number of fused-ring (bicyclic) bond motifs is 1. The molecule has 0 aromatic heterocycles. The van der Waals surface area contributed by atoms with E-state index >= 15 is 0 Å². The topological polar surface area (TPSA) is 39.7 Å². The zero-order valence-corrected chi connectivity index (χ0v) is 11.6. The Morgan fingerprint density at radius 3 is 2.45 bits per heavy atom. The molecule has 1 aliphatic heterocycles. The van der Waals surface area contributed by atoms with Gasteiger partial charge in [-0.15, -0.1) is 0 Å². The SMILES string of the molecule is CNC(C)c1ccc(Oc2ccc3c(c2)OCO3)cc1. The van der Waals surface area contributed by atoms with Crippen molar-refractivity contribution in [3.05, 3.63) is 48.0 Å². The number of ether oxygens (including phenoxy) is 3. The largest absolute Gasteiger partial charge is 0.457 e. The molecule has 0 spiro atoms. The van der Waals surface area contributed by atoms with Crippen LogP contribution in [0.4, 0.5) is 0 Å². The Hall–Kier alpha value is -2.20. The molecule has 0 aliphatic carbocycles. The second-order valence-electron chi connectivity index (χ2n) is 4.70. The van der Waals surface area contributed by atoms with Crippen molar-refractivity contribution in [2.75, 3.05) is 13.8 Å². The summed E-state index contributed by atoms with van der Waals surface area (Å²) in [6.07, 6.45) is 0. The third-order valence-corrected chi connectivity index (χ3v) is 3.39. The van der Waals surface area contributed by atoms with Gasteiger partial charge >= 0.3 is 0 Å².